The maximum atomic E-state index is 12.7. The number of benzene rings is 1. The van der Waals surface area contributed by atoms with Gasteiger partial charge in [-0.2, -0.15) is 24.9 Å². The first-order valence-corrected chi connectivity index (χ1v) is 9.12. The fourth-order valence-electron chi connectivity index (χ4n) is 2.25. The summed E-state index contributed by atoms with van der Waals surface area (Å²) in [4.78, 5) is -0.715. The topological polar surface area (TPSA) is 46.2 Å². The summed E-state index contributed by atoms with van der Waals surface area (Å²) in [6.45, 7) is 0.457. The van der Waals surface area contributed by atoms with Crippen molar-refractivity contribution in [3.05, 3.63) is 24.3 Å². The van der Waals surface area contributed by atoms with Crippen molar-refractivity contribution in [1.29, 1.82) is 0 Å². The number of halogens is 3. The van der Waals surface area contributed by atoms with Gasteiger partial charge >= 0.3 is 5.51 Å². The van der Waals surface area contributed by atoms with Crippen LogP contribution in [0, 0.1) is 0 Å². The van der Waals surface area contributed by atoms with Gasteiger partial charge in [-0.05, 0) is 31.2 Å². The van der Waals surface area contributed by atoms with Crippen LogP contribution in [0.5, 0.6) is 0 Å². The normalized spacial score (nSPS) is 18.1. The van der Waals surface area contributed by atoms with Crippen molar-refractivity contribution in [2.45, 2.75) is 34.4 Å². The van der Waals surface area contributed by atoms with E-state index in [9.17, 15) is 21.6 Å². The van der Waals surface area contributed by atoms with E-state index in [1.54, 1.807) is 11.8 Å². The molecule has 0 heterocycles. The molecule has 1 saturated carbocycles. The van der Waals surface area contributed by atoms with E-state index < -0.39 is 20.2 Å². The lowest BCUT2D eigenvalue weighted by atomic mass is 9.84. The molecule has 0 aliphatic heterocycles. The number of thioether (sulfide) groups is 1. The number of hydrogen-bond acceptors (Lipinski definition) is 4. The van der Waals surface area contributed by atoms with Crippen LogP contribution in [0.25, 0.3) is 0 Å². The van der Waals surface area contributed by atoms with E-state index in [2.05, 4.69) is 5.32 Å². The summed E-state index contributed by atoms with van der Waals surface area (Å²) >= 11 is 1.66. The van der Waals surface area contributed by atoms with Crippen LogP contribution >= 0.6 is 11.8 Å². The summed E-state index contributed by atoms with van der Waals surface area (Å²) < 4.78 is 61.2. The molecule has 21 heavy (non-hydrogen) atoms. The van der Waals surface area contributed by atoms with E-state index >= 15 is 0 Å². The van der Waals surface area contributed by atoms with Gasteiger partial charge in [0.1, 0.15) is 0 Å². The van der Waals surface area contributed by atoms with Crippen LogP contribution in [0.4, 0.5) is 18.9 Å². The fraction of sp³-hybridized carbons (Fsp3) is 0.538. The lowest BCUT2D eigenvalue weighted by molar-refractivity contribution is -0.0435. The van der Waals surface area contributed by atoms with Gasteiger partial charge in [0.05, 0.1) is 10.6 Å². The Hall–Kier alpha value is -0.890. The van der Waals surface area contributed by atoms with Gasteiger partial charge in [-0.25, -0.2) is 8.42 Å². The van der Waals surface area contributed by atoms with Crippen molar-refractivity contribution in [2.75, 3.05) is 18.1 Å². The van der Waals surface area contributed by atoms with Gasteiger partial charge in [-0.3, -0.25) is 0 Å². The second-order valence-corrected chi connectivity index (χ2v) is 8.22. The van der Waals surface area contributed by atoms with Crippen molar-refractivity contribution >= 4 is 27.3 Å². The fourth-order valence-corrected chi connectivity index (χ4v) is 4.10. The first-order valence-electron chi connectivity index (χ1n) is 6.41. The predicted molar refractivity (Wildman–Crippen MR) is 78.3 cm³/mol. The molecule has 1 aromatic rings. The van der Waals surface area contributed by atoms with Gasteiger partial charge in [0, 0.05) is 11.3 Å². The van der Waals surface area contributed by atoms with Gasteiger partial charge in [0.15, 0.2) is 0 Å². The van der Waals surface area contributed by atoms with Crippen LogP contribution < -0.4 is 5.32 Å². The Kier molecular flexibility index (Phi) is 4.49. The molecular weight excluding hydrogens is 323 g/mol. The number of para-hydroxylation sites is 1. The second kappa shape index (κ2) is 5.72. The number of hydrogen-bond donors (Lipinski definition) is 1. The molecule has 0 amide bonds. The first kappa shape index (κ1) is 16.5. The zero-order valence-corrected chi connectivity index (χ0v) is 13.0. The Morgan fingerprint density at radius 1 is 1.29 bits per heavy atom. The summed E-state index contributed by atoms with van der Waals surface area (Å²) in [5.41, 5.74) is -5.28. The van der Waals surface area contributed by atoms with Crippen molar-refractivity contribution < 1.29 is 21.6 Å². The van der Waals surface area contributed by atoms with Gasteiger partial charge in [0.2, 0.25) is 0 Å². The summed E-state index contributed by atoms with van der Waals surface area (Å²) in [5.74, 6) is 0. The standard InChI is InChI=1S/C13H16F3NO2S2/c1-20-12(7-4-8-12)9-17-10-5-2-3-6-11(10)21(18,19)13(14,15)16/h2-3,5-6,17H,4,7-9H2,1H3. The minimum absolute atomic E-state index is 0.00486. The molecule has 8 heteroatoms. The summed E-state index contributed by atoms with van der Waals surface area (Å²) in [6, 6.07) is 5.16. The van der Waals surface area contributed by atoms with Crippen molar-refractivity contribution in [3.8, 4) is 0 Å². The van der Waals surface area contributed by atoms with Crippen LogP contribution in [0.1, 0.15) is 19.3 Å². The van der Waals surface area contributed by atoms with Crippen molar-refractivity contribution in [3.63, 3.8) is 0 Å². The third-order valence-corrected chi connectivity index (χ3v) is 6.74. The quantitative estimate of drug-likeness (QED) is 0.889. The number of nitrogens with one attached hydrogen (secondary N) is 1. The van der Waals surface area contributed by atoms with Gasteiger partial charge in [-0.15, -0.1) is 0 Å². The van der Waals surface area contributed by atoms with E-state index in [1.807, 2.05) is 6.26 Å². The second-order valence-electron chi connectivity index (χ2n) is 5.04. The Bertz CT molecular complexity index is 605. The lowest BCUT2D eigenvalue weighted by Crippen LogP contribution is -2.40. The molecular formula is C13H16F3NO2S2. The Labute approximate surface area is 126 Å². The number of rotatable bonds is 5. The predicted octanol–water partition coefficient (Wildman–Crippen LogP) is 3.68. The molecule has 1 aliphatic carbocycles. The minimum Gasteiger partial charge on any atom is -0.383 e. The van der Waals surface area contributed by atoms with E-state index in [0.29, 0.717) is 6.54 Å². The van der Waals surface area contributed by atoms with E-state index in [4.69, 9.17) is 0 Å². The molecule has 1 N–H and O–H groups in total. The molecule has 1 aliphatic rings. The Balaban J connectivity index is 2.26. The highest BCUT2D eigenvalue weighted by Gasteiger charge is 2.48. The molecule has 0 aromatic heterocycles. The van der Waals surface area contributed by atoms with Crippen LogP contribution in [0.3, 0.4) is 0 Å². The molecule has 0 atom stereocenters. The van der Waals surface area contributed by atoms with E-state index in [0.717, 1.165) is 25.3 Å². The van der Waals surface area contributed by atoms with Crippen molar-refractivity contribution in [2.24, 2.45) is 0 Å². The van der Waals surface area contributed by atoms with Crippen LogP contribution in [0.15, 0.2) is 29.2 Å². The van der Waals surface area contributed by atoms with Crippen LogP contribution in [-0.2, 0) is 9.84 Å². The summed E-state index contributed by atoms with van der Waals surface area (Å²) in [5, 5.41) is 2.89. The zero-order valence-electron chi connectivity index (χ0n) is 11.4. The molecule has 0 unspecified atom stereocenters. The summed E-state index contributed by atoms with van der Waals surface area (Å²) in [6.07, 6.45) is 5.01. The van der Waals surface area contributed by atoms with E-state index in [1.165, 1.54) is 18.2 Å². The minimum atomic E-state index is -5.34. The van der Waals surface area contributed by atoms with Gasteiger partial charge < -0.3 is 5.32 Å². The number of anilines is 1. The highest BCUT2D eigenvalue weighted by Crippen LogP contribution is 2.43. The molecule has 3 nitrogen and oxygen atoms in total. The smallest absolute Gasteiger partial charge is 0.383 e. The largest absolute Gasteiger partial charge is 0.501 e. The maximum absolute atomic E-state index is 12.7. The maximum Gasteiger partial charge on any atom is 0.501 e. The van der Waals surface area contributed by atoms with Gasteiger partial charge in [0.25, 0.3) is 9.84 Å². The average Bonchev–Trinajstić information content (AvgIpc) is 2.37. The molecule has 0 radical (unpaired) electrons. The molecule has 1 aromatic carbocycles. The number of alkyl halides is 3. The third kappa shape index (κ3) is 3.15. The summed E-state index contributed by atoms with van der Waals surface area (Å²) in [7, 11) is -5.34. The molecule has 0 saturated heterocycles. The lowest BCUT2D eigenvalue weighted by Gasteiger charge is -2.40. The molecule has 0 spiro atoms. The monoisotopic (exact) mass is 339 g/mol. The zero-order chi connectivity index (χ0) is 15.7. The molecule has 0 bridgehead atoms. The SMILES string of the molecule is CSC1(CNc2ccccc2S(=O)(=O)C(F)(F)F)CCC1. The molecule has 118 valence electrons. The Morgan fingerprint density at radius 3 is 2.38 bits per heavy atom. The number of sulfone groups is 1. The van der Waals surface area contributed by atoms with E-state index in [-0.39, 0.29) is 10.4 Å². The first-order chi connectivity index (χ1) is 9.72. The van der Waals surface area contributed by atoms with Crippen molar-refractivity contribution in [1.82, 2.24) is 0 Å². The molecule has 1 fully saturated rings. The van der Waals surface area contributed by atoms with Crippen LogP contribution in [-0.4, -0.2) is 31.5 Å². The van der Waals surface area contributed by atoms with Crippen LogP contribution in [0.2, 0.25) is 0 Å². The average molecular weight is 339 g/mol. The Morgan fingerprint density at radius 2 is 1.90 bits per heavy atom. The molecule has 2 rings (SSSR count). The highest BCUT2D eigenvalue weighted by atomic mass is 32.2. The van der Waals surface area contributed by atoms with Gasteiger partial charge in [-0.1, -0.05) is 18.6 Å². The third-order valence-electron chi connectivity index (χ3n) is 3.78. The highest BCUT2D eigenvalue weighted by molar-refractivity contribution is 8.00.